The van der Waals surface area contributed by atoms with Gasteiger partial charge in [-0.15, -0.1) is 0 Å². The van der Waals surface area contributed by atoms with Gasteiger partial charge in [-0.2, -0.15) is 0 Å². The summed E-state index contributed by atoms with van der Waals surface area (Å²) in [6.07, 6.45) is 2.10. The molecule has 1 heterocycles. The van der Waals surface area contributed by atoms with Gasteiger partial charge in [0.25, 0.3) is 0 Å². The molecule has 20 heavy (non-hydrogen) atoms. The summed E-state index contributed by atoms with van der Waals surface area (Å²) in [7, 11) is 4.05. The molecule has 2 rings (SSSR count). The maximum absolute atomic E-state index is 5.70. The van der Waals surface area contributed by atoms with Crippen LogP contribution in [-0.4, -0.2) is 55.2 Å². The van der Waals surface area contributed by atoms with Crippen molar-refractivity contribution in [3.8, 4) is 0 Å². The van der Waals surface area contributed by atoms with Gasteiger partial charge in [-0.1, -0.05) is 42.0 Å². The third-order valence-corrected chi connectivity index (χ3v) is 3.76. The van der Waals surface area contributed by atoms with Crippen molar-refractivity contribution in [3.63, 3.8) is 0 Å². The smallest absolute Gasteiger partial charge is 0.111 e. The lowest BCUT2D eigenvalue weighted by atomic mass is 10.0. The number of ether oxygens (including phenoxy) is 1. The summed E-state index contributed by atoms with van der Waals surface area (Å²) in [6.45, 7) is 5.34. The van der Waals surface area contributed by atoms with Crippen LogP contribution in [-0.2, 0) is 4.74 Å². The highest BCUT2D eigenvalue weighted by atomic mass is 32.1. The Kier molecular flexibility index (Phi) is 5.15. The first-order valence-electron chi connectivity index (χ1n) is 6.90. The van der Waals surface area contributed by atoms with Crippen molar-refractivity contribution < 1.29 is 4.74 Å². The molecule has 0 aromatic heterocycles. The lowest BCUT2D eigenvalue weighted by Crippen LogP contribution is -2.40. The summed E-state index contributed by atoms with van der Waals surface area (Å²) in [5.41, 5.74) is 3.53. The van der Waals surface area contributed by atoms with E-state index in [1.165, 1.54) is 11.1 Å². The minimum absolute atomic E-state index is 0.753. The van der Waals surface area contributed by atoms with Gasteiger partial charge >= 0.3 is 0 Å². The summed E-state index contributed by atoms with van der Waals surface area (Å²) < 4.78 is 5.40. The monoisotopic (exact) mass is 290 g/mol. The Morgan fingerprint density at radius 1 is 1.20 bits per heavy atom. The van der Waals surface area contributed by atoms with Gasteiger partial charge in [-0.05, 0) is 12.5 Å². The normalized spacial score (nSPS) is 16.1. The van der Waals surface area contributed by atoms with Crippen molar-refractivity contribution in [1.29, 1.82) is 0 Å². The molecule has 0 bridgehead atoms. The van der Waals surface area contributed by atoms with Crippen LogP contribution >= 0.6 is 12.2 Å². The third-order valence-electron chi connectivity index (χ3n) is 3.28. The van der Waals surface area contributed by atoms with E-state index in [4.69, 9.17) is 17.0 Å². The van der Waals surface area contributed by atoms with Gasteiger partial charge in [-0.25, -0.2) is 0 Å². The molecule has 1 aromatic rings. The van der Waals surface area contributed by atoms with E-state index in [-0.39, 0.29) is 0 Å². The van der Waals surface area contributed by atoms with Crippen molar-refractivity contribution in [2.75, 3.05) is 40.4 Å². The van der Waals surface area contributed by atoms with E-state index in [1.807, 2.05) is 19.0 Å². The van der Waals surface area contributed by atoms with E-state index in [9.17, 15) is 0 Å². The predicted molar refractivity (Wildman–Crippen MR) is 87.8 cm³/mol. The van der Waals surface area contributed by atoms with Crippen LogP contribution in [0.2, 0.25) is 0 Å². The lowest BCUT2D eigenvalue weighted by molar-refractivity contribution is 0.0696. The Labute approximate surface area is 126 Å². The van der Waals surface area contributed by atoms with Crippen molar-refractivity contribution in [1.82, 2.24) is 9.80 Å². The molecule has 3 nitrogen and oxygen atoms in total. The van der Waals surface area contributed by atoms with Gasteiger partial charge in [0.15, 0.2) is 0 Å². The number of hydrogen-bond acceptors (Lipinski definition) is 3. The van der Waals surface area contributed by atoms with Crippen LogP contribution in [0, 0.1) is 6.92 Å². The zero-order chi connectivity index (χ0) is 14.5. The van der Waals surface area contributed by atoms with Crippen molar-refractivity contribution in [3.05, 3.63) is 41.6 Å². The molecule has 0 spiro atoms. The predicted octanol–water partition coefficient (Wildman–Crippen LogP) is 2.56. The van der Waals surface area contributed by atoms with Crippen molar-refractivity contribution >= 4 is 22.8 Å². The first kappa shape index (κ1) is 15.0. The standard InChI is InChI=1S/C16H22N2OS/c1-13-4-6-14(7-5-13)15(12-17(2)3)16(20)18-8-10-19-11-9-18/h4-7,12H,8-11H2,1-3H3. The van der Waals surface area contributed by atoms with Crippen molar-refractivity contribution in [2.24, 2.45) is 0 Å². The Morgan fingerprint density at radius 3 is 2.35 bits per heavy atom. The van der Waals surface area contributed by atoms with E-state index in [1.54, 1.807) is 0 Å². The summed E-state index contributed by atoms with van der Waals surface area (Å²) in [4.78, 5) is 5.18. The summed E-state index contributed by atoms with van der Waals surface area (Å²) in [6, 6.07) is 8.52. The fraction of sp³-hybridized carbons (Fsp3) is 0.438. The average Bonchev–Trinajstić information content (AvgIpc) is 2.46. The second-order valence-corrected chi connectivity index (χ2v) is 5.66. The first-order chi connectivity index (χ1) is 9.58. The number of nitrogens with zero attached hydrogens (tertiary/aromatic N) is 2. The molecule has 108 valence electrons. The summed E-state index contributed by atoms with van der Waals surface area (Å²) in [5.74, 6) is 0. The molecule has 1 fully saturated rings. The molecule has 0 saturated carbocycles. The molecule has 4 heteroatoms. The number of aryl methyl sites for hydroxylation is 1. The molecule has 0 radical (unpaired) electrons. The molecule has 1 saturated heterocycles. The number of morpholine rings is 1. The topological polar surface area (TPSA) is 15.7 Å². The maximum Gasteiger partial charge on any atom is 0.111 e. The van der Waals surface area contributed by atoms with E-state index in [2.05, 4.69) is 42.3 Å². The number of rotatable bonds is 3. The van der Waals surface area contributed by atoms with Crippen LogP contribution in [0.3, 0.4) is 0 Å². The minimum atomic E-state index is 0.753. The van der Waals surface area contributed by atoms with Crippen LogP contribution in [0.5, 0.6) is 0 Å². The molecule has 1 aliphatic heterocycles. The minimum Gasteiger partial charge on any atom is -0.383 e. The van der Waals surface area contributed by atoms with Crippen LogP contribution in [0.15, 0.2) is 30.5 Å². The van der Waals surface area contributed by atoms with Crippen molar-refractivity contribution in [2.45, 2.75) is 6.92 Å². The Hall–Kier alpha value is -1.39. The molecule has 1 aliphatic rings. The van der Waals surface area contributed by atoms with E-state index in [0.717, 1.165) is 36.9 Å². The molecule has 0 N–H and O–H groups in total. The lowest BCUT2D eigenvalue weighted by Gasteiger charge is -2.30. The molecule has 0 atom stereocenters. The fourth-order valence-electron chi connectivity index (χ4n) is 2.18. The van der Waals surface area contributed by atoms with Gasteiger partial charge in [0.2, 0.25) is 0 Å². The van der Waals surface area contributed by atoms with E-state index >= 15 is 0 Å². The zero-order valence-corrected chi connectivity index (χ0v) is 13.2. The highest BCUT2D eigenvalue weighted by molar-refractivity contribution is 7.81. The summed E-state index contributed by atoms with van der Waals surface area (Å²) >= 11 is 5.70. The second-order valence-electron chi connectivity index (χ2n) is 5.28. The molecule has 1 aromatic carbocycles. The molecule has 0 aliphatic carbocycles. The van der Waals surface area contributed by atoms with E-state index < -0.39 is 0 Å². The number of benzene rings is 1. The first-order valence-corrected chi connectivity index (χ1v) is 7.31. The van der Waals surface area contributed by atoms with Gasteiger partial charge in [-0.3, -0.25) is 0 Å². The number of hydrogen-bond donors (Lipinski definition) is 0. The summed E-state index contributed by atoms with van der Waals surface area (Å²) in [5, 5.41) is 0. The van der Waals surface area contributed by atoms with Crippen LogP contribution in [0.1, 0.15) is 11.1 Å². The highest BCUT2D eigenvalue weighted by Crippen LogP contribution is 2.20. The molecular weight excluding hydrogens is 268 g/mol. The number of thiocarbonyl (C=S) groups is 1. The molecule has 0 amide bonds. The Morgan fingerprint density at radius 2 is 1.80 bits per heavy atom. The van der Waals surface area contributed by atoms with Gasteiger partial charge in [0, 0.05) is 39.0 Å². The third kappa shape index (κ3) is 3.81. The maximum atomic E-state index is 5.70. The van der Waals surface area contributed by atoms with Crippen LogP contribution in [0.4, 0.5) is 0 Å². The van der Waals surface area contributed by atoms with E-state index in [0.29, 0.717) is 0 Å². The van der Waals surface area contributed by atoms with Gasteiger partial charge < -0.3 is 14.5 Å². The quantitative estimate of drug-likeness (QED) is 0.628. The SMILES string of the molecule is Cc1ccc(C(=CN(C)C)C(=S)N2CCOCC2)cc1. The van der Waals surface area contributed by atoms with Gasteiger partial charge in [0.1, 0.15) is 4.99 Å². The molecule has 0 unspecified atom stereocenters. The average molecular weight is 290 g/mol. The highest BCUT2D eigenvalue weighted by Gasteiger charge is 2.18. The Balaban J connectivity index is 2.27. The largest absolute Gasteiger partial charge is 0.383 e. The van der Waals surface area contributed by atoms with Gasteiger partial charge in [0.05, 0.1) is 13.2 Å². The fourth-order valence-corrected chi connectivity index (χ4v) is 2.53. The van der Waals surface area contributed by atoms with Crippen LogP contribution in [0.25, 0.3) is 5.57 Å². The Bertz CT molecular complexity index is 488. The zero-order valence-electron chi connectivity index (χ0n) is 12.4. The molecular formula is C16H22N2OS. The van der Waals surface area contributed by atoms with Crippen LogP contribution < -0.4 is 0 Å². The second kappa shape index (κ2) is 6.86.